The minimum absolute atomic E-state index is 0.140. The van der Waals surface area contributed by atoms with Crippen LogP contribution in [0.15, 0.2) is 28.8 Å². The van der Waals surface area contributed by atoms with Crippen molar-refractivity contribution in [2.24, 2.45) is 0 Å². The van der Waals surface area contributed by atoms with Gasteiger partial charge >= 0.3 is 0 Å². The second-order valence-corrected chi connectivity index (χ2v) is 4.47. The standard InChI is InChI=1S/C15H15FN2O3/c1-3-11-14(15(20)17-2)13(21-18-11)8-12(19)9-5-4-6-10(16)7-9/h4-7H,3,8H2,1-2H3,(H,17,20). The van der Waals surface area contributed by atoms with Crippen molar-refractivity contribution in [2.45, 2.75) is 19.8 Å². The average Bonchev–Trinajstić information content (AvgIpc) is 2.89. The zero-order valence-electron chi connectivity index (χ0n) is 11.8. The van der Waals surface area contributed by atoms with Gasteiger partial charge in [0.1, 0.15) is 11.4 Å². The van der Waals surface area contributed by atoms with Gasteiger partial charge in [0.15, 0.2) is 11.5 Å². The molecule has 0 bridgehead atoms. The molecular weight excluding hydrogens is 275 g/mol. The number of benzene rings is 1. The number of nitrogens with zero attached hydrogens (tertiary/aromatic N) is 1. The molecule has 1 aromatic heterocycles. The van der Waals surface area contributed by atoms with E-state index in [0.717, 1.165) is 6.07 Å². The highest BCUT2D eigenvalue weighted by Gasteiger charge is 2.23. The molecule has 0 saturated heterocycles. The van der Waals surface area contributed by atoms with Gasteiger partial charge in [0.05, 0.1) is 12.1 Å². The zero-order valence-corrected chi connectivity index (χ0v) is 11.8. The molecule has 110 valence electrons. The molecule has 0 atom stereocenters. The van der Waals surface area contributed by atoms with Gasteiger partial charge in [-0.25, -0.2) is 4.39 Å². The molecule has 5 nitrogen and oxygen atoms in total. The second-order valence-electron chi connectivity index (χ2n) is 4.47. The summed E-state index contributed by atoms with van der Waals surface area (Å²) in [6.07, 6.45) is 0.375. The Balaban J connectivity index is 2.29. The number of rotatable bonds is 5. The van der Waals surface area contributed by atoms with Crippen molar-refractivity contribution in [2.75, 3.05) is 7.05 Å². The van der Waals surface area contributed by atoms with Crippen LogP contribution in [0, 0.1) is 5.82 Å². The Hall–Kier alpha value is -2.50. The predicted octanol–water partition coefficient (Wildman–Crippen LogP) is 2.16. The smallest absolute Gasteiger partial charge is 0.256 e. The molecule has 0 aliphatic carbocycles. The maximum absolute atomic E-state index is 13.1. The quantitative estimate of drug-likeness (QED) is 0.856. The molecule has 0 fully saturated rings. The van der Waals surface area contributed by atoms with Gasteiger partial charge < -0.3 is 9.84 Å². The molecule has 0 radical (unpaired) electrons. The Bertz CT molecular complexity index is 679. The van der Waals surface area contributed by atoms with Gasteiger partial charge in [0, 0.05) is 12.6 Å². The highest BCUT2D eigenvalue weighted by atomic mass is 19.1. The Kier molecular flexibility index (Phi) is 4.47. The van der Waals surface area contributed by atoms with Crippen molar-refractivity contribution >= 4 is 11.7 Å². The SMILES string of the molecule is CCc1noc(CC(=O)c2cccc(F)c2)c1C(=O)NC. The van der Waals surface area contributed by atoms with Crippen molar-refractivity contribution in [1.82, 2.24) is 10.5 Å². The second kappa shape index (κ2) is 6.30. The molecule has 0 aliphatic rings. The topological polar surface area (TPSA) is 72.2 Å². The van der Waals surface area contributed by atoms with Crippen LogP contribution in [0.25, 0.3) is 0 Å². The van der Waals surface area contributed by atoms with Crippen molar-refractivity contribution in [3.63, 3.8) is 0 Å². The highest BCUT2D eigenvalue weighted by molar-refractivity contribution is 6.01. The van der Waals surface area contributed by atoms with Gasteiger partial charge in [-0.15, -0.1) is 0 Å². The molecule has 6 heteroatoms. The van der Waals surface area contributed by atoms with Crippen LogP contribution in [-0.4, -0.2) is 23.9 Å². The summed E-state index contributed by atoms with van der Waals surface area (Å²) in [6, 6.07) is 5.39. The minimum Gasteiger partial charge on any atom is -0.360 e. The molecule has 0 spiro atoms. The van der Waals surface area contributed by atoms with Crippen LogP contribution in [0.5, 0.6) is 0 Å². The molecule has 21 heavy (non-hydrogen) atoms. The molecule has 0 aliphatic heterocycles. The summed E-state index contributed by atoms with van der Waals surface area (Å²) in [5.41, 5.74) is 1.01. The summed E-state index contributed by atoms with van der Waals surface area (Å²) < 4.78 is 18.2. The molecule has 1 amide bonds. The number of carbonyl (C=O) groups is 2. The molecule has 0 saturated carbocycles. The lowest BCUT2D eigenvalue weighted by Crippen LogP contribution is -2.21. The highest BCUT2D eigenvalue weighted by Crippen LogP contribution is 2.18. The fourth-order valence-corrected chi connectivity index (χ4v) is 2.02. The van der Waals surface area contributed by atoms with E-state index in [-0.39, 0.29) is 35.0 Å². The Morgan fingerprint density at radius 2 is 2.14 bits per heavy atom. The van der Waals surface area contributed by atoms with Crippen LogP contribution in [0.4, 0.5) is 4.39 Å². The number of aryl methyl sites for hydroxylation is 1. The number of hydrogen-bond donors (Lipinski definition) is 1. The fourth-order valence-electron chi connectivity index (χ4n) is 2.02. The number of nitrogens with one attached hydrogen (secondary N) is 1. The van der Waals surface area contributed by atoms with Gasteiger partial charge in [0.25, 0.3) is 5.91 Å². The zero-order chi connectivity index (χ0) is 15.4. The summed E-state index contributed by atoms with van der Waals surface area (Å²) in [4.78, 5) is 24.0. The van der Waals surface area contributed by atoms with Crippen molar-refractivity contribution in [1.29, 1.82) is 0 Å². The molecule has 2 aromatic rings. The first kappa shape index (κ1) is 14.9. The summed E-state index contributed by atoms with van der Waals surface area (Å²) in [5, 5.41) is 6.30. The number of Topliss-reactive ketones (excluding diaryl/α,β-unsaturated/α-hetero) is 1. The minimum atomic E-state index is -0.487. The average molecular weight is 290 g/mol. The lowest BCUT2D eigenvalue weighted by molar-refractivity contribution is 0.0959. The van der Waals surface area contributed by atoms with Crippen LogP contribution < -0.4 is 5.32 Å². The van der Waals surface area contributed by atoms with E-state index in [1.54, 1.807) is 0 Å². The molecule has 1 heterocycles. The van der Waals surface area contributed by atoms with E-state index in [0.29, 0.717) is 12.1 Å². The molecule has 1 N–H and O–H groups in total. The third-order valence-corrected chi connectivity index (χ3v) is 3.09. The van der Waals surface area contributed by atoms with Gasteiger partial charge in [-0.05, 0) is 18.6 Å². The summed E-state index contributed by atoms with van der Waals surface area (Å²) in [7, 11) is 1.49. The lowest BCUT2D eigenvalue weighted by atomic mass is 10.0. The van der Waals surface area contributed by atoms with E-state index in [2.05, 4.69) is 10.5 Å². The normalized spacial score (nSPS) is 10.4. The van der Waals surface area contributed by atoms with Gasteiger partial charge in [-0.1, -0.05) is 24.2 Å². The number of aromatic nitrogens is 1. The van der Waals surface area contributed by atoms with Crippen molar-refractivity contribution < 1.29 is 18.5 Å². The number of halogens is 1. The fraction of sp³-hybridized carbons (Fsp3) is 0.267. The summed E-state index contributed by atoms with van der Waals surface area (Å²) in [6.45, 7) is 1.84. The summed E-state index contributed by atoms with van der Waals surface area (Å²) in [5.74, 6) is -0.978. The molecule has 1 aromatic carbocycles. The van der Waals surface area contributed by atoms with E-state index in [1.807, 2.05) is 6.92 Å². The van der Waals surface area contributed by atoms with E-state index < -0.39 is 5.82 Å². The van der Waals surface area contributed by atoms with Crippen LogP contribution in [0.3, 0.4) is 0 Å². The van der Waals surface area contributed by atoms with Gasteiger partial charge in [-0.2, -0.15) is 0 Å². The van der Waals surface area contributed by atoms with Crippen LogP contribution in [0.2, 0.25) is 0 Å². The number of carbonyl (C=O) groups excluding carboxylic acids is 2. The molecular formula is C15H15FN2O3. The van der Waals surface area contributed by atoms with Gasteiger partial charge in [-0.3, -0.25) is 9.59 Å². The van der Waals surface area contributed by atoms with Crippen molar-refractivity contribution in [3.05, 3.63) is 52.7 Å². The van der Waals surface area contributed by atoms with Gasteiger partial charge in [0.2, 0.25) is 0 Å². The van der Waals surface area contributed by atoms with Crippen molar-refractivity contribution in [3.8, 4) is 0 Å². The number of amides is 1. The maximum atomic E-state index is 13.1. The Morgan fingerprint density at radius 3 is 2.76 bits per heavy atom. The number of hydrogen-bond acceptors (Lipinski definition) is 4. The largest absolute Gasteiger partial charge is 0.360 e. The van der Waals surface area contributed by atoms with E-state index in [1.165, 1.54) is 25.2 Å². The molecule has 2 rings (SSSR count). The van der Waals surface area contributed by atoms with E-state index in [9.17, 15) is 14.0 Å². The lowest BCUT2D eigenvalue weighted by Gasteiger charge is -2.02. The first-order valence-electron chi connectivity index (χ1n) is 6.55. The third-order valence-electron chi connectivity index (χ3n) is 3.09. The van der Waals surface area contributed by atoms with E-state index >= 15 is 0 Å². The van der Waals surface area contributed by atoms with E-state index in [4.69, 9.17) is 4.52 Å². The maximum Gasteiger partial charge on any atom is 0.256 e. The summed E-state index contributed by atoms with van der Waals surface area (Å²) >= 11 is 0. The monoisotopic (exact) mass is 290 g/mol. The Morgan fingerprint density at radius 1 is 1.38 bits per heavy atom. The van der Waals surface area contributed by atoms with Crippen LogP contribution >= 0.6 is 0 Å². The van der Waals surface area contributed by atoms with Crippen LogP contribution in [0.1, 0.15) is 39.1 Å². The third kappa shape index (κ3) is 3.16. The molecule has 0 unspecified atom stereocenters. The predicted molar refractivity (Wildman–Crippen MR) is 73.7 cm³/mol. The first-order valence-corrected chi connectivity index (χ1v) is 6.55. The number of ketones is 1. The van der Waals surface area contributed by atoms with Crippen LogP contribution in [-0.2, 0) is 12.8 Å². The Labute approximate surface area is 121 Å². The first-order chi connectivity index (χ1) is 10.1.